The minimum Gasteiger partial charge on any atom is -0.481 e. The molecular formula is C36H59NO8. The van der Waals surface area contributed by atoms with Crippen molar-refractivity contribution in [2.75, 3.05) is 13.2 Å². The summed E-state index contributed by atoms with van der Waals surface area (Å²) in [6.45, 7) is 5.40. The van der Waals surface area contributed by atoms with Crippen molar-refractivity contribution >= 4 is 24.0 Å². The van der Waals surface area contributed by atoms with Gasteiger partial charge in [-0.3, -0.25) is 9.59 Å². The molecule has 1 rings (SSSR count). The van der Waals surface area contributed by atoms with Crippen LogP contribution in [0.2, 0.25) is 0 Å². The quantitative estimate of drug-likeness (QED) is 0.0562. The summed E-state index contributed by atoms with van der Waals surface area (Å²) in [5.41, 5.74) is 0.807. The zero-order valence-corrected chi connectivity index (χ0v) is 28.1. The third-order valence-electron chi connectivity index (χ3n) is 7.80. The molecule has 0 heterocycles. The fourth-order valence-electron chi connectivity index (χ4n) is 5.02. The van der Waals surface area contributed by atoms with Crippen LogP contribution in [0.3, 0.4) is 0 Å². The number of esters is 2. The Morgan fingerprint density at radius 2 is 1.22 bits per heavy atom. The molecule has 0 fully saturated rings. The Hall–Kier alpha value is -3.10. The highest BCUT2D eigenvalue weighted by Crippen LogP contribution is 2.15. The number of hydrogen-bond donors (Lipinski definition) is 2. The van der Waals surface area contributed by atoms with Crippen LogP contribution in [0.15, 0.2) is 30.3 Å². The zero-order valence-electron chi connectivity index (χ0n) is 28.1. The van der Waals surface area contributed by atoms with Gasteiger partial charge < -0.3 is 24.6 Å². The number of carbonyl (C=O) groups is 4. The SMILES string of the molecule is CCCCCCCCCCCCCCCCCC(=O)OCC(COC(=O)[C@@H](NC(=O)OCc1ccccc1)C(C)C)CC(=O)O. The normalized spacial score (nSPS) is 12.4. The van der Waals surface area contributed by atoms with Gasteiger partial charge in [0, 0.05) is 12.3 Å². The molecule has 0 spiro atoms. The van der Waals surface area contributed by atoms with Gasteiger partial charge in [0.15, 0.2) is 0 Å². The standard InChI is InChI=1S/C36H59NO8/c1-4-5-6-7-8-9-10-11-12-13-14-15-16-17-21-24-33(40)43-27-31(25-32(38)39)28-44-35(41)34(29(2)3)37-36(42)45-26-30-22-19-18-20-23-30/h18-20,22-23,29,31,34H,4-17,21,24-28H2,1-3H3,(H,37,42)(H,38,39)/t31?,34-/m0/s1. The van der Waals surface area contributed by atoms with E-state index in [1.165, 1.54) is 77.0 Å². The molecule has 256 valence electrons. The largest absolute Gasteiger partial charge is 0.481 e. The molecule has 0 bridgehead atoms. The summed E-state index contributed by atoms with van der Waals surface area (Å²) in [5, 5.41) is 11.8. The lowest BCUT2D eigenvalue weighted by atomic mass is 10.0. The van der Waals surface area contributed by atoms with Gasteiger partial charge in [0.1, 0.15) is 12.6 Å². The van der Waals surface area contributed by atoms with E-state index < -0.39 is 30.0 Å². The first-order valence-corrected chi connectivity index (χ1v) is 17.2. The van der Waals surface area contributed by atoms with E-state index in [1.54, 1.807) is 13.8 Å². The summed E-state index contributed by atoms with van der Waals surface area (Å²) >= 11 is 0. The lowest BCUT2D eigenvalue weighted by Crippen LogP contribution is -2.46. The molecule has 0 aliphatic rings. The van der Waals surface area contributed by atoms with Crippen LogP contribution in [0.25, 0.3) is 0 Å². The van der Waals surface area contributed by atoms with Crippen molar-refractivity contribution in [1.29, 1.82) is 0 Å². The van der Waals surface area contributed by atoms with Gasteiger partial charge in [-0.05, 0) is 17.9 Å². The number of amides is 1. The predicted molar refractivity (Wildman–Crippen MR) is 176 cm³/mol. The van der Waals surface area contributed by atoms with Gasteiger partial charge in [0.2, 0.25) is 0 Å². The first kappa shape index (κ1) is 39.9. The number of ether oxygens (including phenoxy) is 3. The van der Waals surface area contributed by atoms with Gasteiger partial charge in [0.05, 0.1) is 19.6 Å². The molecule has 1 unspecified atom stereocenters. The first-order valence-electron chi connectivity index (χ1n) is 17.2. The number of carbonyl (C=O) groups excluding carboxylic acids is 3. The molecule has 0 saturated carbocycles. The van der Waals surface area contributed by atoms with Crippen LogP contribution in [-0.4, -0.2) is 48.4 Å². The summed E-state index contributed by atoms with van der Waals surface area (Å²) in [7, 11) is 0. The fraction of sp³-hybridized carbons (Fsp3) is 0.722. The molecule has 2 atom stereocenters. The van der Waals surface area contributed by atoms with Crippen molar-refractivity contribution in [1.82, 2.24) is 5.32 Å². The second-order valence-corrected chi connectivity index (χ2v) is 12.4. The van der Waals surface area contributed by atoms with Crippen molar-refractivity contribution in [3.05, 3.63) is 35.9 Å². The van der Waals surface area contributed by atoms with Gasteiger partial charge >= 0.3 is 24.0 Å². The van der Waals surface area contributed by atoms with Gasteiger partial charge in [-0.1, -0.05) is 141 Å². The molecule has 9 nitrogen and oxygen atoms in total. The summed E-state index contributed by atoms with van der Waals surface area (Å²) in [6, 6.07) is 8.17. The van der Waals surface area contributed by atoms with E-state index in [4.69, 9.17) is 14.2 Å². The molecule has 0 aromatic heterocycles. The number of hydrogen-bond acceptors (Lipinski definition) is 7. The van der Waals surface area contributed by atoms with Crippen molar-refractivity contribution < 1.29 is 38.5 Å². The Morgan fingerprint density at radius 3 is 1.73 bits per heavy atom. The number of carboxylic acids is 1. The Morgan fingerprint density at radius 1 is 0.711 bits per heavy atom. The number of benzene rings is 1. The molecule has 9 heteroatoms. The first-order chi connectivity index (χ1) is 21.7. The van der Waals surface area contributed by atoms with Crippen LogP contribution in [0.5, 0.6) is 0 Å². The number of alkyl carbamates (subject to hydrolysis) is 1. The van der Waals surface area contributed by atoms with Crippen LogP contribution in [0.1, 0.15) is 135 Å². The highest BCUT2D eigenvalue weighted by Gasteiger charge is 2.28. The smallest absolute Gasteiger partial charge is 0.408 e. The van der Waals surface area contributed by atoms with Gasteiger partial charge in [0.25, 0.3) is 0 Å². The number of aliphatic carboxylic acids is 1. The van der Waals surface area contributed by atoms with Crippen LogP contribution in [0, 0.1) is 11.8 Å². The van der Waals surface area contributed by atoms with Crippen LogP contribution < -0.4 is 5.32 Å². The van der Waals surface area contributed by atoms with Gasteiger partial charge in [-0.2, -0.15) is 0 Å². The lowest BCUT2D eigenvalue weighted by molar-refractivity contribution is -0.154. The molecule has 0 aliphatic heterocycles. The van der Waals surface area contributed by atoms with E-state index in [0.717, 1.165) is 24.8 Å². The Balaban J connectivity index is 2.23. The highest BCUT2D eigenvalue weighted by molar-refractivity contribution is 5.81. The second kappa shape index (κ2) is 26.1. The van der Waals surface area contributed by atoms with Crippen molar-refractivity contribution in [2.45, 2.75) is 143 Å². The molecule has 1 amide bonds. The predicted octanol–water partition coefficient (Wildman–Crippen LogP) is 8.38. The van der Waals surface area contributed by atoms with E-state index >= 15 is 0 Å². The van der Waals surface area contributed by atoms with Crippen molar-refractivity contribution in [3.63, 3.8) is 0 Å². The minimum atomic E-state index is -1.09. The molecule has 1 aromatic carbocycles. The highest BCUT2D eigenvalue weighted by atomic mass is 16.6. The maximum Gasteiger partial charge on any atom is 0.408 e. The van der Waals surface area contributed by atoms with Gasteiger partial charge in [-0.15, -0.1) is 0 Å². The fourth-order valence-corrected chi connectivity index (χ4v) is 5.02. The molecule has 0 saturated heterocycles. The molecule has 1 aromatic rings. The molecule has 0 radical (unpaired) electrons. The zero-order chi connectivity index (χ0) is 33.1. The van der Waals surface area contributed by atoms with Gasteiger partial charge in [-0.25, -0.2) is 9.59 Å². The number of carboxylic acid groups (broad SMARTS) is 1. The Kier molecular flexibility index (Phi) is 23.2. The van der Waals surface area contributed by atoms with E-state index in [0.29, 0.717) is 0 Å². The average Bonchev–Trinajstić information content (AvgIpc) is 3.02. The molecule has 2 N–H and O–H groups in total. The summed E-state index contributed by atoms with van der Waals surface area (Å²) < 4.78 is 15.9. The monoisotopic (exact) mass is 633 g/mol. The van der Waals surface area contributed by atoms with Crippen molar-refractivity contribution in [3.8, 4) is 0 Å². The summed E-state index contributed by atoms with van der Waals surface area (Å²) in [4.78, 5) is 48.6. The van der Waals surface area contributed by atoms with Crippen LogP contribution in [0.4, 0.5) is 4.79 Å². The minimum absolute atomic E-state index is 0.0536. The van der Waals surface area contributed by atoms with E-state index in [-0.39, 0.29) is 44.5 Å². The van der Waals surface area contributed by atoms with E-state index in [9.17, 15) is 24.3 Å². The third kappa shape index (κ3) is 22.1. The topological polar surface area (TPSA) is 128 Å². The summed E-state index contributed by atoms with van der Waals surface area (Å²) in [6.07, 6.45) is 17.8. The molecular weight excluding hydrogens is 574 g/mol. The summed E-state index contributed by atoms with van der Waals surface area (Å²) in [5.74, 6) is -3.17. The van der Waals surface area contributed by atoms with Crippen molar-refractivity contribution in [2.24, 2.45) is 11.8 Å². The third-order valence-corrected chi connectivity index (χ3v) is 7.80. The molecule has 45 heavy (non-hydrogen) atoms. The van der Waals surface area contributed by atoms with Crippen LogP contribution >= 0.6 is 0 Å². The molecule has 0 aliphatic carbocycles. The lowest BCUT2D eigenvalue weighted by Gasteiger charge is -2.22. The maximum atomic E-state index is 12.7. The second-order valence-electron chi connectivity index (χ2n) is 12.4. The average molecular weight is 634 g/mol. The maximum absolute atomic E-state index is 12.7. The Bertz CT molecular complexity index is 936. The Labute approximate surface area is 271 Å². The van der Waals surface area contributed by atoms with E-state index in [2.05, 4.69) is 12.2 Å². The number of rotatable bonds is 27. The van der Waals surface area contributed by atoms with Crippen LogP contribution in [-0.2, 0) is 35.2 Å². The number of nitrogens with one attached hydrogen (secondary N) is 1. The van der Waals surface area contributed by atoms with E-state index in [1.807, 2.05) is 30.3 Å². The number of unbranched alkanes of at least 4 members (excludes halogenated alkanes) is 14.